The minimum Gasteiger partial charge on any atom is -0.272 e. The topological polar surface area (TPSA) is 64.0 Å². The van der Waals surface area contributed by atoms with Crippen LogP contribution in [0.2, 0.25) is 5.02 Å². The summed E-state index contributed by atoms with van der Waals surface area (Å²) in [4.78, 5) is -0.0899. The maximum absolute atomic E-state index is 13.4. The maximum Gasteiger partial charge on any atom is 0.242 e. The molecule has 1 saturated carbocycles. The Morgan fingerprint density at radius 3 is 2.78 bits per heavy atom. The minimum atomic E-state index is -3.78. The fourth-order valence-corrected chi connectivity index (χ4v) is 4.22. The summed E-state index contributed by atoms with van der Waals surface area (Å²) in [6.45, 7) is 2.48. The zero-order chi connectivity index (χ0) is 16.7. The lowest BCUT2D eigenvalue weighted by Gasteiger charge is -2.17. The third-order valence-corrected chi connectivity index (χ3v) is 6.02. The molecule has 1 aromatic heterocycles. The molecule has 0 bridgehead atoms. The molecule has 5 nitrogen and oxygen atoms in total. The Bertz CT molecular complexity index is 817. The first kappa shape index (κ1) is 16.4. The molecule has 1 heterocycles. The normalized spacial score (nSPS) is 16.5. The van der Waals surface area contributed by atoms with Crippen LogP contribution in [0.5, 0.6) is 0 Å². The van der Waals surface area contributed by atoms with Gasteiger partial charge < -0.3 is 0 Å². The molecule has 8 heteroatoms. The van der Waals surface area contributed by atoms with Crippen molar-refractivity contribution in [3.8, 4) is 0 Å². The number of aryl methyl sites for hydroxylation is 1. The summed E-state index contributed by atoms with van der Waals surface area (Å²) < 4.78 is 42.7. The first-order valence-electron chi connectivity index (χ1n) is 7.24. The van der Waals surface area contributed by atoms with Gasteiger partial charge in [0.1, 0.15) is 10.7 Å². The average molecular weight is 358 g/mol. The Morgan fingerprint density at radius 1 is 1.43 bits per heavy atom. The fraction of sp³-hybridized carbons (Fsp3) is 0.400. The van der Waals surface area contributed by atoms with E-state index >= 15 is 0 Å². The second-order valence-electron chi connectivity index (χ2n) is 6.06. The van der Waals surface area contributed by atoms with E-state index in [0.717, 1.165) is 18.9 Å². The average Bonchev–Trinajstić information content (AvgIpc) is 3.05. The Morgan fingerprint density at radius 2 is 2.17 bits per heavy atom. The highest BCUT2D eigenvalue weighted by Crippen LogP contribution is 2.46. The van der Waals surface area contributed by atoms with Gasteiger partial charge in [-0.2, -0.15) is 5.10 Å². The van der Waals surface area contributed by atoms with Crippen molar-refractivity contribution in [2.45, 2.75) is 31.2 Å². The lowest BCUT2D eigenvalue weighted by atomic mass is 10.1. The van der Waals surface area contributed by atoms with Crippen molar-refractivity contribution in [1.82, 2.24) is 14.5 Å². The summed E-state index contributed by atoms with van der Waals surface area (Å²) >= 11 is 5.89. The molecule has 1 fully saturated rings. The molecule has 0 aliphatic heterocycles. The van der Waals surface area contributed by atoms with Crippen LogP contribution < -0.4 is 4.72 Å². The van der Waals surface area contributed by atoms with E-state index in [4.69, 9.17) is 11.6 Å². The second kappa shape index (κ2) is 5.89. The molecule has 0 atom stereocenters. The summed E-state index contributed by atoms with van der Waals surface area (Å²) in [5.74, 6) is -0.522. The van der Waals surface area contributed by atoms with Crippen LogP contribution in [0.4, 0.5) is 4.39 Å². The summed E-state index contributed by atoms with van der Waals surface area (Å²) in [5.41, 5.74) is 0.133. The van der Waals surface area contributed by atoms with Gasteiger partial charge in [-0.15, -0.1) is 0 Å². The van der Waals surface area contributed by atoms with Gasteiger partial charge in [0.05, 0.1) is 5.02 Å². The molecule has 3 rings (SSSR count). The number of hydrogen-bond donors (Lipinski definition) is 1. The molecule has 124 valence electrons. The third kappa shape index (κ3) is 3.57. The maximum atomic E-state index is 13.4. The Labute approximate surface area is 139 Å². The highest BCUT2D eigenvalue weighted by Gasteiger charge is 2.44. The van der Waals surface area contributed by atoms with E-state index < -0.39 is 15.8 Å². The third-order valence-electron chi connectivity index (χ3n) is 4.15. The van der Waals surface area contributed by atoms with Crippen LogP contribution in [0.1, 0.15) is 18.4 Å². The first-order chi connectivity index (χ1) is 10.8. The van der Waals surface area contributed by atoms with Crippen LogP contribution in [0.25, 0.3) is 0 Å². The van der Waals surface area contributed by atoms with Crippen molar-refractivity contribution in [3.63, 3.8) is 0 Å². The van der Waals surface area contributed by atoms with Crippen LogP contribution >= 0.6 is 11.6 Å². The zero-order valence-electron chi connectivity index (χ0n) is 12.6. The summed E-state index contributed by atoms with van der Waals surface area (Å²) in [6.07, 6.45) is 5.42. The Balaban J connectivity index is 1.73. The highest BCUT2D eigenvalue weighted by atomic mass is 35.5. The van der Waals surface area contributed by atoms with Crippen LogP contribution in [0.15, 0.2) is 35.5 Å². The molecular weight excluding hydrogens is 341 g/mol. The molecule has 1 N–H and O–H groups in total. The summed E-state index contributed by atoms with van der Waals surface area (Å²) in [6, 6.07) is 4.12. The zero-order valence-corrected chi connectivity index (χ0v) is 14.2. The van der Waals surface area contributed by atoms with Crippen LogP contribution in [-0.2, 0) is 16.6 Å². The molecule has 23 heavy (non-hydrogen) atoms. The Kier molecular flexibility index (Phi) is 4.20. The van der Waals surface area contributed by atoms with Gasteiger partial charge in [0.2, 0.25) is 10.0 Å². The van der Waals surface area contributed by atoms with Crippen LogP contribution in [0.3, 0.4) is 0 Å². The number of sulfonamides is 1. The molecular formula is C15H17ClFN3O2S. The number of hydrogen-bond acceptors (Lipinski definition) is 3. The van der Waals surface area contributed by atoms with Crippen molar-refractivity contribution in [2.75, 3.05) is 6.54 Å². The van der Waals surface area contributed by atoms with Gasteiger partial charge >= 0.3 is 0 Å². The lowest BCUT2D eigenvalue weighted by molar-refractivity contribution is 0.393. The quantitative estimate of drug-likeness (QED) is 0.864. The van der Waals surface area contributed by atoms with Gasteiger partial charge in [-0.3, -0.25) is 4.68 Å². The fourth-order valence-electron chi connectivity index (χ4n) is 2.47. The van der Waals surface area contributed by atoms with Gasteiger partial charge in [0, 0.05) is 30.9 Å². The number of benzene rings is 1. The molecule has 2 aromatic rings. The number of rotatable bonds is 6. The second-order valence-corrected chi connectivity index (χ2v) is 8.20. The first-order valence-corrected chi connectivity index (χ1v) is 9.10. The van der Waals surface area contributed by atoms with Gasteiger partial charge in [-0.1, -0.05) is 11.6 Å². The molecule has 1 aliphatic rings. The Hall–Kier alpha value is -1.44. The number of aromatic nitrogens is 2. The molecule has 0 radical (unpaired) electrons. The number of nitrogens with zero attached hydrogens (tertiary/aromatic N) is 2. The molecule has 1 aliphatic carbocycles. The highest BCUT2D eigenvalue weighted by molar-refractivity contribution is 7.89. The molecule has 0 spiro atoms. The summed E-state index contributed by atoms with van der Waals surface area (Å²) in [7, 11) is -3.78. The van der Waals surface area contributed by atoms with Gasteiger partial charge in [0.25, 0.3) is 0 Å². The monoisotopic (exact) mass is 357 g/mol. The van der Waals surface area contributed by atoms with Crippen molar-refractivity contribution < 1.29 is 12.8 Å². The van der Waals surface area contributed by atoms with Gasteiger partial charge in [0.15, 0.2) is 0 Å². The van der Waals surface area contributed by atoms with E-state index in [9.17, 15) is 12.8 Å². The lowest BCUT2D eigenvalue weighted by Crippen LogP contribution is -2.32. The van der Waals surface area contributed by atoms with E-state index in [1.165, 1.54) is 13.0 Å². The smallest absolute Gasteiger partial charge is 0.242 e. The van der Waals surface area contributed by atoms with E-state index in [1.807, 2.05) is 12.3 Å². The van der Waals surface area contributed by atoms with Crippen molar-refractivity contribution >= 4 is 21.6 Å². The van der Waals surface area contributed by atoms with Crippen LogP contribution in [-0.4, -0.2) is 24.7 Å². The molecule has 0 unspecified atom stereocenters. The van der Waals surface area contributed by atoms with Crippen molar-refractivity contribution in [3.05, 3.63) is 47.0 Å². The van der Waals surface area contributed by atoms with Gasteiger partial charge in [-0.05, 0) is 43.5 Å². The molecule has 0 amide bonds. The molecule has 1 aromatic carbocycles. The van der Waals surface area contributed by atoms with E-state index in [-0.39, 0.29) is 20.9 Å². The number of nitrogens with one attached hydrogen (secondary N) is 1. The SMILES string of the molecule is Cc1cc(S(=O)(=O)NCC2(Cn3cccn3)CC2)c(Cl)cc1F. The van der Waals surface area contributed by atoms with Crippen molar-refractivity contribution in [2.24, 2.45) is 5.41 Å². The standard InChI is InChI=1S/C15H17ClFN3O2S/c1-11-7-14(12(16)8-13(11)17)23(21,22)19-9-15(3-4-15)10-20-6-2-5-18-20/h2,5-8,19H,3-4,9-10H2,1H3. The van der Waals surface area contributed by atoms with Crippen molar-refractivity contribution in [1.29, 1.82) is 0 Å². The predicted octanol–water partition coefficient (Wildman–Crippen LogP) is 2.74. The molecule has 0 saturated heterocycles. The van der Waals surface area contributed by atoms with E-state index in [1.54, 1.807) is 10.9 Å². The van der Waals surface area contributed by atoms with Crippen LogP contribution in [0, 0.1) is 18.2 Å². The van der Waals surface area contributed by atoms with Gasteiger partial charge in [-0.25, -0.2) is 17.5 Å². The number of halogens is 2. The van der Waals surface area contributed by atoms with E-state index in [2.05, 4.69) is 9.82 Å². The predicted molar refractivity (Wildman–Crippen MR) is 85.2 cm³/mol. The summed E-state index contributed by atoms with van der Waals surface area (Å²) in [5, 5.41) is 4.04. The van der Waals surface area contributed by atoms with E-state index in [0.29, 0.717) is 13.1 Å². The largest absolute Gasteiger partial charge is 0.272 e. The minimum absolute atomic E-state index is 0.0899.